The lowest BCUT2D eigenvalue weighted by atomic mass is 9.81. The molecule has 21 heavy (non-hydrogen) atoms. The van der Waals surface area contributed by atoms with E-state index in [4.69, 9.17) is 0 Å². The monoisotopic (exact) mass is 291 g/mol. The van der Waals surface area contributed by atoms with Crippen molar-refractivity contribution in [2.24, 2.45) is 5.41 Å². The van der Waals surface area contributed by atoms with Gasteiger partial charge in [0.1, 0.15) is 11.5 Å². The molecule has 0 radical (unpaired) electrons. The van der Waals surface area contributed by atoms with E-state index in [9.17, 15) is 14.9 Å². The van der Waals surface area contributed by atoms with Gasteiger partial charge in [-0.3, -0.25) is 9.59 Å². The lowest BCUT2D eigenvalue weighted by molar-refractivity contribution is -0.137. The maximum atomic E-state index is 12.5. The molecule has 116 valence electrons. The maximum Gasteiger partial charge on any atom is 0.244 e. The van der Waals surface area contributed by atoms with Gasteiger partial charge in [-0.2, -0.15) is 5.26 Å². The first kappa shape index (κ1) is 15.8. The third-order valence-corrected chi connectivity index (χ3v) is 4.74. The van der Waals surface area contributed by atoms with Gasteiger partial charge in [-0.15, -0.1) is 0 Å². The van der Waals surface area contributed by atoms with E-state index in [0.29, 0.717) is 12.8 Å². The fourth-order valence-corrected chi connectivity index (χ4v) is 3.33. The maximum absolute atomic E-state index is 12.5. The molecule has 1 aliphatic carbocycles. The van der Waals surface area contributed by atoms with Crippen LogP contribution in [0.3, 0.4) is 0 Å². The molecule has 0 aromatic rings. The highest BCUT2D eigenvalue weighted by molar-refractivity contribution is 5.91. The van der Waals surface area contributed by atoms with Crippen LogP contribution in [-0.2, 0) is 9.59 Å². The Morgan fingerprint density at radius 2 is 1.67 bits per heavy atom. The van der Waals surface area contributed by atoms with Crippen molar-refractivity contribution in [2.45, 2.75) is 64.3 Å². The van der Waals surface area contributed by atoms with E-state index in [1.165, 1.54) is 0 Å². The summed E-state index contributed by atoms with van der Waals surface area (Å²) in [6.07, 6.45) is 7.28. The molecule has 0 aromatic heterocycles. The summed E-state index contributed by atoms with van der Waals surface area (Å²) in [6.45, 7) is 3.28. The van der Waals surface area contributed by atoms with E-state index in [1.807, 2.05) is 0 Å². The zero-order valence-corrected chi connectivity index (χ0v) is 12.9. The van der Waals surface area contributed by atoms with Crippen molar-refractivity contribution in [1.29, 1.82) is 5.26 Å². The molecule has 2 rings (SSSR count). The number of rotatable bonds is 3. The van der Waals surface area contributed by atoms with E-state index >= 15 is 0 Å². The van der Waals surface area contributed by atoms with Gasteiger partial charge in [0.15, 0.2) is 0 Å². The third-order valence-electron chi connectivity index (χ3n) is 4.74. The number of nitriles is 1. The minimum Gasteiger partial charge on any atom is -0.343 e. The zero-order chi connectivity index (χ0) is 15.3. The van der Waals surface area contributed by atoms with Crippen LogP contribution in [-0.4, -0.2) is 35.8 Å². The Hall–Kier alpha value is -1.57. The molecule has 1 heterocycles. The quantitative estimate of drug-likeness (QED) is 0.808. The Morgan fingerprint density at radius 3 is 2.19 bits per heavy atom. The molecular weight excluding hydrogens is 266 g/mol. The Kier molecular flexibility index (Phi) is 5.22. The predicted octanol–water partition coefficient (Wildman–Crippen LogP) is 1.98. The molecule has 0 spiro atoms. The summed E-state index contributed by atoms with van der Waals surface area (Å²) < 4.78 is 0. The van der Waals surface area contributed by atoms with E-state index < -0.39 is 11.5 Å². The fraction of sp³-hybridized carbons (Fsp3) is 0.812. The van der Waals surface area contributed by atoms with Crippen LogP contribution in [0.4, 0.5) is 0 Å². The summed E-state index contributed by atoms with van der Waals surface area (Å²) in [6, 6.07) is 1.70. The minimum atomic E-state index is -0.934. The number of hydrogen-bond acceptors (Lipinski definition) is 3. The topological polar surface area (TPSA) is 73.2 Å². The van der Waals surface area contributed by atoms with Crippen molar-refractivity contribution in [2.75, 3.05) is 13.1 Å². The number of carbonyl (C=O) groups excluding carboxylic acids is 2. The van der Waals surface area contributed by atoms with Gasteiger partial charge < -0.3 is 10.2 Å². The van der Waals surface area contributed by atoms with Crippen molar-refractivity contribution in [3.05, 3.63) is 0 Å². The molecule has 5 nitrogen and oxygen atoms in total. The molecule has 1 N–H and O–H groups in total. The lowest BCUT2D eigenvalue weighted by Gasteiger charge is -2.27. The van der Waals surface area contributed by atoms with E-state index in [0.717, 1.165) is 51.6 Å². The summed E-state index contributed by atoms with van der Waals surface area (Å²) in [4.78, 5) is 26.6. The van der Waals surface area contributed by atoms with Crippen LogP contribution in [0.2, 0.25) is 0 Å². The molecule has 1 aliphatic heterocycles. The lowest BCUT2D eigenvalue weighted by Crippen LogP contribution is -2.50. The molecule has 1 saturated heterocycles. The van der Waals surface area contributed by atoms with Gasteiger partial charge in [-0.1, -0.05) is 25.7 Å². The molecule has 2 amide bonds. The molecule has 2 fully saturated rings. The molecule has 0 aromatic carbocycles. The van der Waals surface area contributed by atoms with Gasteiger partial charge in [0.05, 0.1) is 6.07 Å². The molecule has 5 heteroatoms. The Balaban J connectivity index is 1.98. The first-order valence-electron chi connectivity index (χ1n) is 8.10. The van der Waals surface area contributed by atoms with Gasteiger partial charge in [0, 0.05) is 13.1 Å². The van der Waals surface area contributed by atoms with Crippen molar-refractivity contribution in [3.8, 4) is 6.07 Å². The van der Waals surface area contributed by atoms with Gasteiger partial charge in [0.2, 0.25) is 11.8 Å². The number of nitrogens with one attached hydrogen (secondary N) is 1. The van der Waals surface area contributed by atoms with Gasteiger partial charge in [-0.25, -0.2) is 0 Å². The number of hydrogen-bond donors (Lipinski definition) is 1. The molecule has 1 saturated carbocycles. The summed E-state index contributed by atoms with van der Waals surface area (Å²) in [5.74, 6) is -0.283. The average molecular weight is 291 g/mol. The first-order valence-corrected chi connectivity index (χ1v) is 8.10. The number of amides is 2. The number of carbonyl (C=O) groups is 2. The molecular formula is C16H25N3O2. The van der Waals surface area contributed by atoms with E-state index in [1.54, 1.807) is 11.8 Å². The van der Waals surface area contributed by atoms with E-state index in [-0.39, 0.29) is 11.8 Å². The normalized spacial score (nSPS) is 23.0. The Bertz CT molecular complexity index is 427. The fourth-order valence-electron chi connectivity index (χ4n) is 3.33. The van der Waals surface area contributed by atoms with Crippen molar-refractivity contribution in [1.82, 2.24) is 10.2 Å². The summed E-state index contributed by atoms with van der Waals surface area (Å²) >= 11 is 0. The first-order chi connectivity index (χ1) is 10.1. The van der Waals surface area contributed by atoms with Crippen LogP contribution in [0, 0.1) is 16.7 Å². The van der Waals surface area contributed by atoms with Crippen LogP contribution >= 0.6 is 0 Å². The van der Waals surface area contributed by atoms with Crippen LogP contribution in [0.15, 0.2) is 0 Å². The molecule has 0 bridgehead atoms. The van der Waals surface area contributed by atoms with Crippen molar-refractivity contribution < 1.29 is 9.59 Å². The standard InChI is InChI=1S/C16H25N3O2/c1-13(14(20)19-10-6-7-11-19)18-15(21)16(12-17)8-4-2-3-5-9-16/h13H,2-11H2,1H3,(H,18,21). The van der Waals surface area contributed by atoms with Crippen molar-refractivity contribution >= 4 is 11.8 Å². The highest BCUT2D eigenvalue weighted by Crippen LogP contribution is 2.34. The smallest absolute Gasteiger partial charge is 0.244 e. The van der Waals surface area contributed by atoms with Gasteiger partial charge in [0.25, 0.3) is 0 Å². The molecule has 1 unspecified atom stereocenters. The molecule has 2 aliphatic rings. The minimum absolute atomic E-state index is 0.0254. The summed E-state index contributed by atoms with van der Waals surface area (Å²) in [7, 11) is 0. The predicted molar refractivity (Wildman–Crippen MR) is 79.2 cm³/mol. The second kappa shape index (κ2) is 6.93. The second-order valence-electron chi connectivity index (χ2n) is 6.34. The largest absolute Gasteiger partial charge is 0.343 e. The van der Waals surface area contributed by atoms with Crippen LogP contribution in [0.5, 0.6) is 0 Å². The average Bonchev–Trinajstić information content (AvgIpc) is 2.91. The Morgan fingerprint density at radius 1 is 1.10 bits per heavy atom. The van der Waals surface area contributed by atoms with Gasteiger partial charge in [-0.05, 0) is 32.6 Å². The Labute approximate surface area is 126 Å². The SMILES string of the molecule is CC(NC(=O)C1(C#N)CCCCCC1)C(=O)N1CCCC1. The highest BCUT2D eigenvalue weighted by atomic mass is 16.2. The number of nitrogens with zero attached hydrogens (tertiary/aromatic N) is 2. The van der Waals surface area contributed by atoms with Crippen LogP contribution in [0.25, 0.3) is 0 Å². The van der Waals surface area contributed by atoms with Crippen molar-refractivity contribution in [3.63, 3.8) is 0 Å². The highest BCUT2D eigenvalue weighted by Gasteiger charge is 2.40. The third kappa shape index (κ3) is 3.55. The number of likely N-dealkylation sites (tertiary alicyclic amines) is 1. The molecule has 1 atom stereocenters. The second-order valence-corrected chi connectivity index (χ2v) is 6.34. The summed E-state index contributed by atoms with van der Waals surface area (Å²) in [5.41, 5.74) is -0.934. The van der Waals surface area contributed by atoms with Crippen LogP contribution in [0.1, 0.15) is 58.3 Å². The van der Waals surface area contributed by atoms with Gasteiger partial charge >= 0.3 is 0 Å². The van der Waals surface area contributed by atoms with E-state index in [2.05, 4.69) is 11.4 Å². The van der Waals surface area contributed by atoms with Crippen LogP contribution < -0.4 is 5.32 Å². The summed E-state index contributed by atoms with van der Waals surface area (Å²) in [5, 5.41) is 12.3. The zero-order valence-electron chi connectivity index (χ0n) is 12.9.